The highest BCUT2D eigenvalue weighted by atomic mass is 32.1. The van der Waals surface area contributed by atoms with Gasteiger partial charge in [0.15, 0.2) is 0 Å². The van der Waals surface area contributed by atoms with Crippen LogP contribution in [0.25, 0.3) is 10.9 Å². The first-order valence-electron chi connectivity index (χ1n) is 9.60. The van der Waals surface area contributed by atoms with E-state index < -0.39 is 47.5 Å². The number of carbonyl (C=O) groups excluding carboxylic acids is 1. The highest BCUT2D eigenvalue weighted by Gasteiger charge is 2.27. The van der Waals surface area contributed by atoms with Crippen molar-refractivity contribution in [2.75, 3.05) is 0 Å². The third kappa shape index (κ3) is 5.31. The molecule has 3 N–H and O–H groups in total. The maximum absolute atomic E-state index is 13.2. The van der Waals surface area contributed by atoms with Gasteiger partial charge < -0.3 is 20.3 Å². The molecular formula is C20H21N3O8S2. The number of carboxylic acid groups (broad SMARTS) is 2. The highest BCUT2D eigenvalue weighted by Crippen LogP contribution is 2.19. The lowest BCUT2D eigenvalue weighted by Gasteiger charge is -2.22. The average molecular weight is 496 g/mol. The third-order valence-electron chi connectivity index (χ3n) is 4.49. The quantitative estimate of drug-likeness (QED) is 0.449. The van der Waals surface area contributed by atoms with Gasteiger partial charge in [-0.3, -0.25) is 13.9 Å². The van der Waals surface area contributed by atoms with Crippen molar-refractivity contribution in [2.24, 2.45) is 0 Å². The van der Waals surface area contributed by atoms with Gasteiger partial charge in [0.1, 0.15) is 16.5 Å². The molecule has 0 aromatic carbocycles. The number of thiophene rings is 2. The number of carboxylic acids is 2. The van der Waals surface area contributed by atoms with E-state index in [1.54, 1.807) is 20.8 Å². The Morgan fingerprint density at radius 1 is 1.15 bits per heavy atom. The summed E-state index contributed by atoms with van der Waals surface area (Å²) in [5.41, 5.74) is -1.82. The van der Waals surface area contributed by atoms with Gasteiger partial charge in [-0.2, -0.15) is 0 Å². The number of aliphatic carboxylic acids is 1. The van der Waals surface area contributed by atoms with E-state index in [1.807, 2.05) is 0 Å². The Morgan fingerprint density at radius 3 is 2.45 bits per heavy atom. The summed E-state index contributed by atoms with van der Waals surface area (Å²) in [7, 11) is 0. The third-order valence-corrected chi connectivity index (χ3v) is 6.17. The van der Waals surface area contributed by atoms with Crippen LogP contribution in [0.4, 0.5) is 4.79 Å². The lowest BCUT2D eigenvalue weighted by molar-refractivity contribution is -0.139. The van der Waals surface area contributed by atoms with Crippen LogP contribution in [0.5, 0.6) is 0 Å². The Balaban J connectivity index is 2.04. The summed E-state index contributed by atoms with van der Waals surface area (Å²) in [6, 6.07) is -0.0194. The van der Waals surface area contributed by atoms with Crippen molar-refractivity contribution >= 4 is 51.6 Å². The monoisotopic (exact) mass is 495 g/mol. The zero-order chi connectivity index (χ0) is 24.5. The van der Waals surface area contributed by atoms with Gasteiger partial charge >= 0.3 is 23.7 Å². The normalized spacial score (nSPS) is 12.5. The highest BCUT2D eigenvalue weighted by molar-refractivity contribution is 7.12. The molecular weight excluding hydrogens is 474 g/mol. The average Bonchev–Trinajstić information content (AvgIpc) is 3.35. The first-order chi connectivity index (χ1) is 15.4. The van der Waals surface area contributed by atoms with Gasteiger partial charge in [0.05, 0.1) is 24.0 Å². The van der Waals surface area contributed by atoms with Gasteiger partial charge in [-0.15, -0.1) is 22.7 Å². The number of amides is 1. The van der Waals surface area contributed by atoms with Crippen LogP contribution in [0.3, 0.4) is 0 Å². The minimum Gasteiger partial charge on any atom is -0.480 e. The van der Waals surface area contributed by atoms with E-state index in [-0.39, 0.29) is 27.9 Å². The van der Waals surface area contributed by atoms with E-state index in [0.717, 1.165) is 31.8 Å². The number of ether oxygens (including phenoxy) is 1. The van der Waals surface area contributed by atoms with E-state index in [2.05, 4.69) is 5.32 Å². The van der Waals surface area contributed by atoms with Crippen LogP contribution < -0.4 is 16.6 Å². The molecule has 33 heavy (non-hydrogen) atoms. The van der Waals surface area contributed by atoms with Crippen LogP contribution in [0.2, 0.25) is 0 Å². The largest absolute Gasteiger partial charge is 0.480 e. The molecule has 1 atom stereocenters. The fourth-order valence-electron chi connectivity index (χ4n) is 3.09. The number of rotatable bonds is 7. The second-order valence-corrected chi connectivity index (χ2v) is 9.73. The van der Waals surface area contributed by atoms with Crippen molar-refractivity contribution in [3.8, 4) is 0 Å². The van der Waals surface area contributed by atoms with Crippen molar-refractivity contribution in [2.45, 2.75) is 45.5 Å². The summed E-state index contributed by atoms with van der Waals surface area (Å²) < 4.78 is 7.04. The maximum Gasteiger partial charge on any atom is 0.408 e. The van der Waals surface area contributed by atoms with Crippen molar-refractivity contribution in [3.05, 3.63) is 53.5 Å². The molecule has 0 saturated carbocycles. The molecule has 176 valence electrons. The Kier molecular flexibility index (Phi) is 6.74. The molecule has 0 aliphatic heterocycles. The van der Waals surface area contributed by atoms with E-state index in [4.69, 9.17) is 4.74 Å². The van der Waals surface area contributed by atoms with Crippen molar-refractivity contribution < 1.29 is 29.3 Å². The van der Waals surface area contributed by atoms with Crippen LogP contribution >= 0.6 is 22.7 Å². The van der Waals surface area contributed by atoms with E-state index in [9.17, 15) is 34.2 Å². The molecule has 0 bridgehead atoms. The van der Waals surface area contributed by atoms with Gasteiger partial charge in [-0.1, -0.05) is 0 Å². The summed E-state index contributed by atoms with van der Waals surface area (Å²) >= 11 is 2.11. The Hall–Kier alpha value is -3.45. The minimum atomic E-state index is -1.53. The number of fused-ring (bicyclic) bond motifs is 1. The number of hydrogen-bond donors (Lipinski definition) is 3. The molecule has 0 fully saturated rings. The second kappa shape index (κ2) is 9.19. The summed E-state index contributed by atoms with van der Waals surface area (Å²) in [5, 5.41) is 25.9. The maximum atomic E-state index is 13.2. The SMILES string of the molecule is CC(C)(C)OC(=O)N[C@@H](Cn1c(=O)n(Cc2ccsc2C(=O)O)c(=O)c2cscc21)C(=O)O. The molecule has 0 aliphatic carbocycles. The number of hydrogen-bond acceptors (Lipinski definition) is 8. The number of nitrogens with one attached hydrogen (secondary N) is 1. The zero-order valence-corrected chi connectivity index (χ0v) is 19.5. The van der Waals surface area contributed by atoms with Gasteiger partial charge in [-0.05, 0) is 37.8 Å². The predicted octanol–water partition coefficient (Wildman–Crippen LogP) is 2.01. The van der Waals surface area contributed by atoms with Gasteiger partial charge in [0, 0.05) is 10.8 Å². The molecule has 0 spiro atoms. The number of aromatic nitrogens is 2. The molecule has 0 unspecified atom stereocenters. The molecule has 3 aromatic rings. The van der Waals surface area contributed by atoms with Crippen molar-refractivity contribution in [1.29, 1.82) is 0 Å². The topological polar surface area (TPSA) is 157 Å². The first kappa shape index (κ1) is 24.2. The summed E-state index contributed by atoms with van der Waals surface area (Å²) in [5.74, 6) is -2.59. The molecule has 3 rings (SSSR count). The smallest absolute Gasteiger partial charge is 0.408 e. The predicted molar refractivity (Wildman–Crippen MR) is 122 cm³/mol. The van der Waals surface area contributed by atoms with E-state index in [1.165, 1.54) is 22.2 Å². The Labute approximate surface area is 194 Å². The fraction of sp³-hybridized carbons (Fsp3) is 0.350. The molecule has 13 heteroatoms. The van der Waals surface area contributed by atoms with Crippen LogP contribution in [0, 0.1) is 0 Å². The minimum absolute atomic E-state index is 0.00623. The summed E-state index contributed by atoms with van der Waals surface area (Å²) in [4.78, 5) is 61.5. The Morgan fingerprint density at radius 2 is 1.85 bits per heavy atom. The molecule has 0 aliphatic rings. The zero-order valence-electron chi connectivity index (χ0n) is 17.9. The Bertz CT molecular complexity index is 1340. The molecule has 3 aromatic heterocycles. The van der Waals surface area contributed by atoms with Crippen molar-refractivity contribution in [3.63, 3.8) is 0 Å². The van der Waals surface area contributed by atoms with Crippen LogP contribution in [-0.4, -0.2) is 49.0 Å². The number of nitrogens with zero attached hydrogens (tertiary/aromatic N) is 2. The van der Waals surface area contributed by atoms with E-state index in [0.29, 0.717) is 0 Å². The summed E-state index contributed by atoms with van der Waals surface area (Å²) in [6.07, 6.45) is -0.970. The summed E-state index contributed by atoms with van der Waals surface area (Å²) in [6.45, 7) is 4.08. The van der Waals surface area contributed by atoms with Gasteiger partial charge in [0.25, 0.3) is 5.56 Å². The standard InChI is InChI=1S/C20H21N3O8S2/c1-20(2,3)31-18(29)21-12(16(25)26)7-22-13-9-32-8-11(13)15(24)23(19(22)30)6-10-4-5-33-14(10)17(27)28/h4-5,8-9,12H,6-7H2,1-3H3,(H,21,29)(H,25,26)(H,27,28)/t12-/m0/s1. The van der Waals surface area contributed by atoms with Crippen molar-refractivity contribution in [1.82, 2.24) is 14.5 Å². The van der Waals surface area contributed by atoms with Crippen LogP contribution in [0.15, 0.2) is 31.8 Å². The van der Waals surface area contributed by atoms with E-state index >= 15 is 0 Å². The first-order valence-corrected chi connectivity index (χ1v) is 11.4. The number of aromatic carboxylic acids is 1. The van der Waals surface area contributed by atoms with Crippen LogP contribution in [0.1, 0.15) is 36.0 Å². The van der Waals surface area contributed by atoms with Gasteiger partial charge in [0.2, 0.25) is 0 Å². The lowest BCUT2D eigenvalue weighted by Crippen LogP contribution is -2.49. The number of carbonyl (C=O) groups is 3. The molecule has 11 nitrogen and oxygen atoms in total. The molecule has 0 saturated heterocycles. The van der Waals surface area contributed by atoms with Gasteiger partial charge in [-0.25, -0.2) is 19.2 Å². The second-order valence-electron chi connectivity index (χ2n) is 8.07. The molecule has 3 heterocycles. The van der Waals surface area contributed by atoms with Crippen LogP contribution in [-0.2, 0) is 22.6 Å². The fourth-order valence-corrected chi connectivity index (χ4v) is 4.65. The molecule has 1 amide bonds. The number of alkyl carbamates (subject to hydrolysis) is 1. The molecule has 0 radical (unpaired) electrons. The lowest BCUT2D eigenvalue weighted by atomic mass is 10.2.